The summed E-state index contributed by atoms with van der Waals surface area (Å²) in [5.74, 6) is 1.01. The lowest BCUT2D eigenvalue weighted by molar-refractivity contribution is 0.185. The van der Waals surface area contributed by atoms with Crippen LogP contribution in [0.2, 0.25) is 0 Å². The maximum absolute atomic E-state index is 5.57. The van der Waals surface area contributed by atoms with Crippen LogP contribution in [0.5, 0.6) is 0 Å². The van der Waals surface area contributed by atoms with E-state index < -0.39 is 0 Å². The number of nitrogen functional groups attached to an aromatic ring is 1. The molecule has 5 heteroatoms. The lowest BCUT2D eigenvalue weighted by Gasteiger charge is -2.10. The van der Waals surface area contributed by atoms with Crippen molar-refractivity contribution in [3.63, 3.8) is 0 Å². The summed E-state index contributed by atoms with van der Waals surface area (Å²) >= 11 is 0. The molecular formula is C12H14N4O. The summed E-state index contributed by atoms with van der Waals surface area (Å²) in [6.07, 6.45) is 3.13. The molecule has 0 amide bonds. The second-order valence-electron chi connectivity index (χ2n) is 3.54. The fourth-order valence-corrected chi connectivity index (χ4v) is 1.50. The standard InChI is InChI=1S/C12H14N4O/c1-17-8-9-4-2-3-5-10(9)15-12-7-14-6-11(13)16-12/h2-7H,8H2,1H3,(H3,13,15,16). The van der Waals surface area contributed by atoms with Gasteiger partial charge in [-0.3, -0.25) is 4.98 Å². The molecule has 1 heterocycles. The molecule has 1 aromatic heterocycles. The van der Waals surface area contributed by atoms with Crippen molar-refractivity contribution in [1.82, 2.24) is 9.97 Å². The van der Waals surface area contributed by atoms with Crippen molar-refractivity contribution in [2.75, 3.05) is 18.2 Å². The third kappa shape index (κ3) is 2.92. The second kappa shape index (κ2) is 5.27. The van der Waals surface area contributed by atoms with Crippen LogP contribution in [0, 0.1) is 0 Å². The van der Waals surface area contributed by atoms with Gasteiger partial charge in [0, 0.05) is 18.4 Å². The molecule has 0 saturated carbocycles. The van der Waals surface area contributed by atoms with Crippen molar-refractivity contribution in [2.45, 2.75) is 6.61 Å². The molecule has 3 N–H and O–H groups in total. The van der Waals surface area contributed by atoms with Crippen LogP contribution in [0.25, 0.3) is 0 Å². The zero-order chi connectivity index (χ0) is 12.1. The molecule has 0 saturated heterocycles. The number of hydrogen-bond donors (Lipinski definition) is 2. The number of nitrogens with two attached hydrogens (primary N) is 1. The van der Waals surface area contributed by atoms with Crippen LogP contribution in [-0.4, -0.2) is 17.1 Å². The van der Waals surface area contributed by atoms with E-state index in [1.807, 2.05) is 24.3 Å². The van der Waals surface area contributed by atoms with Gasteiger partial charge < -0.3 is 15.8 Å². The van der Waals surface area contributed by atoms with E-state index >= 15 is 0 Å². The Morgan fingerprint density at radius 3 is 2.88 bits per heavy atom. The summed E-state index contributed by atoms with van der Waals surface area (Å²) in [4.78, 5) is 8.11. The third-order valence-corrected chi connectivity index (χ3v) is 2.23. The fraction of sp³-hybridized carbons (Fsp3) is 0.167. The van der Waals surface area contributed by atoms with Crippen molar-refractivity contribution in [1.29, 1.82) is 0 Å². The Bertz CT molecular complexity index is 501. The smallest absolute Gasteiger partial charge is 0.151 e. The summed E-state index contributed by atoms with van der Waals surface area (Å²) in [6, 6.07) is 7.86. The fourth-order valence-electron chi connectivity index (χ4n) is 1.50. The van der Waals surface area contributed by atoms with Crippen molar-refractivity contribution in [3.05, 3.63) is 42.2 Å². The molecule has 0 aliphatic rings. The van der Waals surface area contributed by atoms with Crippen LogP contribution in [0.1, 0.15) is 5.56 Å². The molecule has 5 nitrogen and oxygen atoms in total. The first-order valence-corrected chi connectivity index (χ1v) is 5.21. The average Bonchev–Trinajstić information content (AvgIpc) is 2.32. The number of benzene rings is 1. The Hall–Kier alpha value is -2.14. The first kappa shape index (κ1) is 11.3. The maximum Gasteiger partial charge on any atom is 0.151 e. The zero-order valence-corrected chi connectivity index (χ0v) is 9.55. The Kier molecular flexibility index (Phi) is 3.52. The third-order valence-electron chi connectivity index (χ3n) is 2.23. The van der Waals surface area contributed by atoms with Crippen molar-refractivity contribution in [2.24, 2.45) is 0 Å². The summed E-state index contributed by atoms with van der Waals surface area (Å²) in [7, 11) is 1.66. The number of para-hydroxylation sites is 1. The minimum absolute atomic E-state index is 0.388. The SMILES string of the molecule is COCc1ccccc1Nc1cncc(N)n1. The molecule has 0 radical (unpaired) electrons. The lowest BCUT2D eigenvalue weighted by Crippen LogP contribution is -2.01. The van der Waals surface area contributed by atoms with Crippen LogP contribution < -0.4 is 11.1 Å². The van der Waals surface area contributed by atoms with Gasteiger partial charge in [0.1, 0.15) is 5.82 Å². The summed E-state index contributed by atoms with van der Waals surface area (Å²) in [5, 5.41) is 3.16. The Morgan fingerprint density at radius 1 is 1.29 bits per heavy atom. The quantitative estimate of drug-likeness (QED) is 0.839. The van der Waals surface area contributed by atoms with Gasteiger partial charge in [0.25, 0.3) is 0 Å². The largest absolute Gasteiger partial charge is 0.382 e. The molecule has 0 aliphatic carbocycles. The Morgan fingerprint density at radius 2 is 2.12 bits per heavy atom. The normalized spacial score (nSPS) is 10.2. The van der Waals surface area contributed by atoms with Gasteiger partial charge >= 0.3 is 0 Å². The molecule has 2 rings (SSSR count). The van der Waals surface area contributed by atoms with Crippen LogP contribution in [0.3, 0.4) is 0 Å². The number of hydrogen-bond acceptors (Lipinski definition) is 5. The predicted molar refractivity (Wildman–Crippen MR) is 66.9 cm³/mol. The molecule has 0 atom stereocenters. The molecule has 0 spiro atoms. The van der Waals surface area contributed by atoms with Gasteiger partial charge in [-0.1, -0.05) is 18.2 Å². The first-order valence-electron chi connectivity index (χ1n) is 5.21. The minimum atomic E-state index is 0.388. The highest BCUT2D eigenvalue weighted by molar-refractivity contribution is 5.60. The van der Waals surface area contributed by atoms with E-state index in [1.54, 1.807) is 13.3 Å². The number of aromatic nitrogens is 2. The molecule has 88 valence electrons. The van der Waals surface area contributed by atoms with E-state index in [9.17, 15) is 0 Å². The van der Waals surface area contributed by atoms with Crippen LogP contribution in [0.4, 0.5) is 17.3 Å². The highest BCUT2D eigenvalue weighted by Gasteiger charge is 2.02. The number of nitrogens with zero attached hydrogens (tertiary/aromatic N) is 2. The van der Waals surface area contributed by atoms with E-state index in [-0.39, 0.29) is 0 Å². The number of nitrogens with one attached hydrogen (secondary N) is 1. The zero-order valence-electron chi connectivity index (χ0n) is 9.55. The van der Waals surface area contributed by atoms with E-state index in [0.29, 0.717) is 18.2 Å². The summed E-state index contributed by atoms with van der Waals surface area (Å²) in [5.41, 5.74) is 7.56. The van der Waals surface area contributed by atoms with Gasteiger partial charge in [-0.05, 0) is 6.07 Å². The molecule has 0 fully saturated rings. The van der Waals surface area contributed by atoms with E-state index in [1.165, 1.54) is 6.20 Å². The minimum Gasteiger partial charge on any atom is -0.382 e. The van der Waals surface area contributed by atoms with Gasteiger partial charge in [-0.2, -0.15) is 0 Å². The Labute approximate surface area is 99.7 Å². The predicted octanol–water partition coefficient (Wildman–Crippen LogP) is 1.95. The van der Waals surface area contributed by atoms with Crippen LogP contribution in [0.15, 0.2) is 36.7 Å². The van der Waals surface area contributed by atoms with Crippen molar-refractivity contribution >= 4 is 17.3 Å². The molecule has 17 heavy (non-hydrogen) atoms. The van der Waals surface area contributed by atoms with Crippen molar-refractivity contribution < 1.29 is 4.74 Å². The molecular weight excluding hydrogens is 216 g/mol. The highest BCUT2D eigenvalue weighted by atomic mass is 16.5. The van der Waals surface area contributed by atoms with E-state index in [4.69, 9.17) is 10.5 Å². The average molecular weight is 230 g/mol. The van der Waals surface area contributed by atoms with E-state index in [2.05, 4.69) is 15.3 Å². The van der Waals surface area contributed by atoms with Gasteiger partial charge in [0.15, 0.2) is 5.82 Å². The summed E-state index contributed by atoms with van der Waals surface area (Å²) in [6.45, 7) is 0.541. The first-order chi connectivity index (χ1) is 8.29. The molecule has 0 aliphatic heterocycles. The molecule has 0 bridgehead atoms. The van der Waals surface area contributed by atoms with Crippen LogP contribution in [-0.2, 0) is 11.3 Å². The van der Waals surface area contributed by atoms with Crippen LogP contribution >= 0.6 is 0 Å². The number of methoxy groups -OCH3 is 1. The van der Waals surface area contributed by atoms with Gasteiger partial charge in [0.2, 0.25) is 0 Å². The number of rotatable bonds is 4. The lowest BCUT2D eigenvalue weighted by atomic mass is 10.2. The topological polar surface area (TPSA) is 73.1 Å². The highest BCUT2D eigenvalue weighted by Crippen LogP contribution is 2.20. The number of ether oxygens (including phenoxy) is 1. The molecule has 0 unspecified atom stereocenters. The second-order valence-corrected chi connectivity index (χ2v) is 3.54. The van der Waals surface area contributed by atoms with E-state index in [0.717, 1.165) is 11.3 Å². The molecule has 2 aromatic rings. The van der Waals surface area contributed by atoms with Gasteiger partial charge in [-0.25, -0.2) is 4.98 Å². The number of anilines is 3. The molecule has 1 aromatic carbocycles. The monoisotopic (exact) mass is 230 g/mol. The summed E-state index contributed by atoms with van der Waals surface area (Å²) < 4.78 is 5.13. The maximum atomic E-state index is 5.57. The Balaban J connectivity index is 2.23. The van der Waals surface area contributed by atoms with Gasteiger partial charge in [-0.15, -0.1) is 0 Å². The van der Waals surface area contributed by atoms with Crippen molar-refractivity contribution in [3.8, 4) is 0 Å². The van der Waals surface area contributed by atoms with Gasteiger partial charge in [0.05, 0.1) is 19.0 Å².